The predicted octanol–water partition coefficient (Wildman–Crippen LogP) is 1.95. The number of hydrazine groups is 1. The van der Waals surface area contributed by atoms with E-state index in [0.29, 0.717) is 22.9 Å². The van der Waals surface area contributed by atoms with Crippen molar-refractivity contribution in [1.82, 2.24) is 9.97 Å². The van der Waals surface area contributed by atoms with Crippen LogP contribution in [0.25, 0.3) is 0 Å². The van der Waals surface area contributed by atoms with Gasteiger partial charge in [0.2, 0.25) is 0 Å². The van der Waals surface area contributed by atoms with Crippen LogP contribution in [0.15, 0.2) is 30.6 Å². The van der Waals surface area contributed by atoms with Crippen molar-refractivity contribution in [2.75, 3.05) is 10.7 Å². The molecule has 2 aromatic rings. The second kappa shape index (κ2) is 4.75. The Hall–Kier alpha value is -2.21. The van der Waals surface area contributed by atoms with Gasteiger partial charge < -0.3 is 10.7 Å². The second-order valence-electron chi connectivity index (χ2n) is 3.52. The summed E-state index contributed by atoms with van der Waals surface area (Å²) >= 11 is 0. The summed E-state index contributed by atoms with van der Waals surface area (Å²) in [6.45, 7) is 1.71. The van der Waals surface area contributed by atoms with Crippen molar-refractivity contribution >= 4 is 17.3 Å². The summed E-state index contributed by atoms with van der Waals surface area (Å²) in [5.41, 5.74) is 3.63. The number of nitrogens with zero attached hydrogens (tertiary/aromatic N) is 2. The molecule has 4 N–H and O–H groups in total. The summed E-state index contributed by atoms with van der Waals surface area (Å²) in [4.78, 5) is 7.86. The van der Waals surface area contributed by atoms with Gasteiger partial charge in [-0.15, -0.1) is 0 Å². The van der Waals surface area contributed by atoms with E-state index in [1.807, 2.05) is 0 Å². The van der Waals surface area contributed by atoms with Crippen molar-refractivity contribution in [2.24, 2.45) is 5.84 Å². The number of nitrogen functional groups attached to an aromatic ring is 1. The molecule has 0 spiro atoms. The van der Waals surface area contributed by atoms with E-state index in [-0.39, 0.29) is 5.82 Å². The topological polar surface area (TPSA) is 75.9 Å². The molecule has 0 radical (unpaired) electrons. The lowest BCUT2D eigenvalue weighted by Crippen LogP contribution is -2.09. The first kappa shape index (κ1) is 11.3. The Morgan fingerprint density at radius 2 is 1.94 bits per heavy atom. The Kier molecular flexibility index (Phi) is 3.15. The molecule has 1 aromatic heterocycles. The smallest absolute Gasteiger partial charge is 0.145 e. The first-order valence-corrected chi connectivity index (χ1v) is 5.01. The highest BCUT2D eigenvalue weighted by molar-refractivity contribution is 5.59. The number of nitrogens with two attached hydrogens (primary N) is 1. The average molecular weight is 233 g/mol. The molecule has 17 heavy (non-hydrogen) atoms. The third kappa shape index (κ3) is 2.67. The predicted molar refractivity (Wildman–Crippen MR) is 64.3 cm³/mol. The molecule has 2 rings (SSSR count). The Morgan fingerprint density at radius 3 is 2.65 bits per heavy atom. The third-order valence-corrected chi connectivity index (χ3v) is 2.26. The van der Waals surface area contributed by atoms with Crippen molar-refractivity contribution < 1.29 is 4.39 Å². The van der Waals surface area contributed by atoms with Crippen LogP contribution in [-0.2, 0) is 0 Å². The molecule has 0 unspecified atom stereocenters. The molecule has 0 amide bonds. The zero-order valence-electron chi connectivity index (χ0n) is 9.24. The molecule has 0 saturated heterocycles. The first-order chi connectivity index (χ1) is 8.19. The molecular formula is C11H12FN5. The molecule has 1 heterocycles. The fourth-order valence-electron chi connectivity index (χ4n) is 1.32. The van der Waals surface area contributed by atoms with Crippen LogP contribution in [0.5, 0.6) is 0 Å². The number of hydrogen-bond acceptors (Lipinski definition) is 5. The average Bonchev–Trinajstić information content (AvgIpc) is 2.34. The third-order valence-electron chi connectivity index (χ3n) is 2.26. The second-order valence-corrected chi connectivity index (χ2v) is 3.52. The van der Waals surface area contributed by atoms with Gasteiger partial charge in [0.15, 0.2) is 0 Å². The molecule has 88 valence electrons. The van der Waals surface area contributed by atoms with E-state index in [1.165, 1.54) is 12.4 Å². The van der Waals surface area contributed by atoms with E-state index in [9.17, 15) is 4.39 Å². The van der Waals surface area contributed by atoms with Crippen molar-refractivity contribution in [3.8, 4) is 0 Å². The van der Waals surface area contributed by atoms with Gasteiger partial charge in [0.1, 0.15) is 23.8 Å². The number of aromatic nitrogens is 2. The maximum Gasteiger partial charge on any atom is 0.145 e. The lowest BCUT2D eigenvalue weighted by atomic mass is 10.2. The lowest BCUT2D eigenvalue weighted by Gasteiger charge is -2.07. The first-order valence-electron chi connectivity index (χ1n) is 5.01. The zero-order chi connectivity index (χ0) is 12.3. The molecule has 0 aliphatic rings. The van der Waals surface area contributed by atoms with Crippen molar-refractivity contribution in [1.29, 1.82) is 0 Å². The van der Waals surface area contributed by atoms with Crippen LogP contribution >= 0.6 is 0 Å². The van der Waals surface area contributed by atoms with E-state index in [1.54, 1.807) is 25.1 Å². The fraction of sp³-hybridized carbons (Fsp3) is 0.0909. The van der Waals surface area contributed by atoms with Gasteiger partial charge in [-0.05, 0) is 24.6 Å². The summed E-state index contributed by atoms with van der Waals surface area (Å²) in [6, 6.07) is 6.50. The molecule has 6 heteroatoms. The number of hydrogen-bond donors (Lipinski definition) is 3. The summed E-state index contributed by atoms with van der Waals surface area (Å²) in [5.74, 6) is 5.98. The minimum atomic E-state index is -0.263. The minimum Gasteiger partial charge on any atom is -0.340 e. The number of rotatable bonds is 3. The van der Waals surface area contributed by atoms with Crippen molar-refractivity contribution in [3.63, 3.8) is 0 Å². The van der Waals surface area contributed by atoms with E-state index in [4.69, 9.17) is 5.84 Å². The summed E-state index contributed by atoms with van der Waals surface area (Å²) < 4.78 is 13.3. The normalized spacial score (nSPS) is 10.1. The van der Waals surface area contributed by atoms with Gasteiger partial charge in [0, 0.05) is 11.8 Å². The largest absolute Gasteiger partial charge is 0.340 e. The molecule has 0 fully saturated rings. The van der Waals surface area contributed by atoms with Gasteiger partial charge in [0.05, 0.1) is 0 Å². The molecular weight excluding hydrogens is 221 g/mol. The van der Waals surface area contributed by atoms with Gasteiger partial charge in [-0.1, -0.05) is 6.07 Å². The monoisotopic (exact) mass is 233 g/mol. The van der Waals surface area contributed by atoms with Gasteiger partial charge in [-0.3, -0.25) is 0 Å². The number of anilines is 3. The number of benzene rings is 1. The summed E-state index contributed by atoms with van der Waals surface area (Å²) in [5, 5.41) is 2.96. The Morgan fingerprint density at radius 1 is 1.18 bits per heavy atom. The summed E-state index contributed by atoms with van der Waals surface area (Å²) in [7, 11) is 0. The Labute approximate surface area is 97.9 Å². The standard InChI is InChI=1S/C11H12FN5/c1-7-2-3-8(4-9(7)12)16-10-5-11(17-13)15-6-14-10/h2-6H,13H2,1H3,(H2,14,15,16,17). The van der Waals surface area contributed by atoms with Crippen LogP contribution in [0, 0.1) is 12.7 Å². The van der Waals surface area contributed by atoms with Crippen LogP contribution < -0.4 is 16.6 Å². The molecule has 0 aliphatic carbocycles. The van der Waals surface area contributed by atoms with E-state index in [0.717, 1.165) is 0 Å². The molecule has 5 nitrogen and oxygen atoms in total. The Balaban J connectivity index is 2.22. The minimum absolute atomic E-state index is 0.263. The maximum atomic E-state index is 13.3. The SMILES string of the molecule is Cc1ccc(Nc2cc(NN)ncn2)cc1F. The van der Waals surface area contributed by atoms with Crippen LogP contribution in [0.1, 0.15) is 5.56 Å². The highest BCUT2D eigenvalue weighted by Crippen LogP contribution is 2.18. The van der Waals surface area contributed by atoms with Gasteiger partial charge in [-0.2, -0.15) is 0 Å². The molecule has 1 aromatic carbocycles. The zero-order valence-corrected chi connectivity index (χ0v) is 9.24. The molecule has 0 saturated carbocycles. The molecule has 0 atom stereocenters. The number of halogens is 1. The van der Waals surface area contributed by atoms with Crippen LogP contribution in [0.3, 0.4) is 0 Å². The van der Waals surface area contributed by atoms with Gasteiger partial charge >= 0.3 is 0 Å². The van der Waals surface area contributed by atoms with Crippen LogP contribution in [0.4, 0.5) is 21.7 Å². The molecule has 0 bridgehead atoms. The highest BCUT2D eigenvalue weighted by Gasteiger charge is 2.01. The van der Waals surface area contributed by atoms with Crippen LogP contribution in [-0.4, -0.2) is 9.97 Å². The number of aryl methyl sites for hydroxylation is 1. The van der Waals surface area contributed by atoms with Crippen molar-refractivity contribution in [3.05, 3.63) is 42.0 Å². The quantitative estimate of drug-likeness (QED) is 0.558. The van der Waals surface area contributed by atoms with Gasteiger partial charge in [-0.25, -0.2) is 20.2 Å². The molecule has 0 aliphatic heterocycles. The van der Waals surface area contributed by atoms with E-state index in [2.05, 4.69) is 20.7 Å². The van der Waals surface area contributed by atoms with E-state index < -0.39 is 0 Å². The maximum absolute atomic E-state index is 13.3. The van der Waals surface area contributed by atoms with Crippen LogP contribution in [0.2, 0.25) is 0 Å². The summed E-state index contributed by atoms with van der Waals surface area (Å²) in [6.07, 6.45) is 1.36. The highest BCUT2D eigenvalue weighted by atomic mass is 19.1. The lowest BCUT2D eigenvalue weighted by molar-refractivity contribution is 0.619. The number of nitrogens with one attached hydrogen (secondary N) is 2. The van der Waals surface area contributed by atoms with Crippen molar-refractivity contribution in [2.45, 2.75) is 6.92 Å². The Bertz CT molecular complexity index is 529. The van der Waals surface area contributed by atoms with E-state index >= 15 is 0 Å². The fourth-order valence-corrected chi connectivity index (χ4v) is 1.32. The van der Waals surface area contributed by atoms with Gasteiger partial charge in [0.25, 0.3) is 0 Å².